The highest BCUT2D eigenvalue weighted by Crippen LogP contribution is 2.34. The second-order valence-corrected chi connectivity index (χ2v) is 9.56. The number of methoxy groups -OCH3 is 1. The highest BCUT2D eigenvalue weighted by atomic mass is 79.9. The Bertz CT molecular complexity index is 1750. The van der Waals surface area contributed by atoms with Gasteiger partial charge in [0.1, 0.15) is 16.5 Å². The van der Waals surface area contributed by atoms with Crippen molar-refractivity contribution in [1.29, 1.82) is 0 Å². The van der Waals surface area contributed by atoms with Crippen molar-refractivity contribution < 1.29 is 48.1 Å². The molecule has 37 heavy (non-hydrogen) atoms. The summed E-state index contributed by atoms with van der Waals surface area (Å²) >= 11 is 2.95. The van der Waals surface area contributed by atoms with Crippen LogP contribution in [0, 0.1) is 40.7 Å². The molecule has 15 heteroatoms. The van der Waals surface area contributed by atoms with Crippen LogP contribution in [-0.4, -0.2) is 20.1 Å². The van der Waals surface area contributed by atoms with Gasteiger partial charge in [0, 0.05) is 17.5 Å². The van der Waals surface area contributed by atoms with E-state index in [4.69, 9.17) is 4.74 Å². The number of halogens is 8. The van der Waals surface area contributed by atoms with Crippen LogP contribution < -0.4 is 14.5 Å². The average Bonchev–Trinajstić information content (AvgIpc) is 2.85. The quantitative estimate of drug-likeness (QED) is 0.129. The Kier molecular flexibility index (Phi) is 6.71. The van der Waals surface area contributed by atoms with Gasteiger partial charge in [-0.3, -0.25) is 9.36 Å². The van der Waals surface area contributed by atoms with E-state index < -0.39 is 72.4 Å². The first-order valence-electron chi connectivity index (χ1n) is 9.63. The standard InChI is InChI=1S/C22H9BrF7NO5S/c1-35-13-6-9(23)10(24)7-12(13)31-11-3-4-14(16(25)8(11)2-5-15(31)32)37(33,34)36-22-20(29)18(27)17(26)19(28)21(22)30/h2-7H,1H3. The van der Waals surface area contributed by atoms with Crippen molar-refractivity contribution >= 4 is 37.0 Å². The smallest absolute Gasteiger partial charge is 0.342 e. The zero-order valence-corrected chi connectivity index (χ0v) is 20.3. The van der Waals surface area contributed by atoms with Gasteiger partial charge in [0.15, 0.2) is 5.82 Å². The molecule has 1 aromatic heterocycles. The third-order valence-electron chi connectivity index (χ3n) is 5.07. The zero-order valence-electron chi connectivity index (χ0n) is 17.9. The van der Waals surface area contributed by atoms with Crippen LogP contribution in [0.3, 0.4) is 0 Å². The first-order valence-corrected chi connectivity index (χ1v) is 11.8. The van der Waals surface area contributed by atoms with E-state index in [1.165, 1.54) is 13.2 Å². The molecule has 0 aliphatic rings. The predicted molar refractivity (Wildman–Crippen MR) is 118 cm³/mol. The number of rotatable bonds is 5. The number of nitrogens with zero attached hydrogens (tertiary/aromatic N) is 1. The molecule has 0 atom stereocenters. The summed E-state index contributed by atoms with van der Waals surface area (Å²) in [7, 11) is -4.32. The van der Waals surface area contributed by atoms with Gasteiger partial charge < -0.3 is 8.92 Å². The van der Waals surface area contributed by atoms with Crippen molar-refractivity contribution in [3.8, 4) is 17.2 Å². The Morgan fingerprint density at radius 3 is 2.00 bits per heavy atom. The maximum absolute atomic E-state index is 15.4. The lowest BCUT2D eigenvalue weighted by Crippen LogP contribution is -2.20. The van der Waals surface area contributed by atoms with Gasteiger partial charge in [-0.15, -0.1) is 0 Å². The molecule has 6 nitrogen and oxygen atoms in total. The average molecular weight is 612 g/mol. The Morgan fingerprint density at radius 1 is 0.811 bits per heavy atom. The second kappa shape index (κ2) is 9.37. The van der Waals surface area contributed by atoms with Crippen molar-refractivity contribution in [1.82, 2.24) is 4.57 Å². The lowest BCUT2D eigenvalue weighted by molar-refractivity contribution is 0.346. The van der Waals surface area contributed by atoms with E-state index in [1.807, 2.05) is 0 Å². The van der Waals surface area contributed by atoms with E-state index in [-0.39, 0.29) is 21.4 Å². The highest BCUT2D eigenvalue weighted by Gasteiger charge is 2.32. The molecule has 0 bridgehead atoms. The van der Waals surface area contributed by atoms with Crippen LogP contribution in [-0.2, 0) is 10.1 Å². The molecular formula is C22H9BrF7NO5S. The topological polar surface area (TPSA) is 74.6 Å². The summed E-state index contributed by atoms with van der Waals surface area (Å²) in [5.41, 5.74) is -1.29. The fourth-order valence-electron chi connectivity index (χ4n) is 3.37. The molecule has 0 spiro atoms. The number of ether oxygens (including phenoxy) is 1. The molecule has 1 heterocycles. The molecule has 0 amide bonds. The second-order valence-electron chi connectivity index (χ2n) is 7.19. The summed E-state index contributed by atoms with van der Waals surface area (Å²) in [5, 5.41) is -0.563. The number of aromatic nitrogens is 1. The minimum Gasteiger partial charge on any atom is -0.495 e. The molecule has 0 saturated carbocycles. The predicted octanol–water partition coefficient (Wildman–Crippen LogP) is 5.50. The number of hydrogen-bond acceptors (Lipinski definition) is 5. The molecule has 0 saturated heterocycles. The van der Waals surface area contributed by atoms with E-state index in [0.29, 0.717) is 6.07 Å². The minimum atomic E-state index is -5.53. The lowest BCUT2D eigenvalue weighted by Gasteiger charge is -2.16. The summed E-state index contributed by atoms with van der Waals surface area (Å²) in [5.74, 6) is -17.4. The van der Waals surface area contributed by atoms with Gasteiger partial charge in [-0.2, -0.15) is 17.2 Å². The monoisotopic (exact) mass is 611 g/mol. The van der Waals surface area contributed by atoms with Crippen molar-refractivity contribution in [3.05, 3.63) is 91.9 Å². The van der Waals surface area contributed by atoms with Crippen LogP contribution in [0.5, 0.6) is 11.5 Å². The molecule has 194 valence electrons. The van der Waals surface area contributed by atoms with Gasteiger partial charge in [-0.25, -0.2) is 22.0 Å². The summed E-state index contributed by atoms with van der Waals surface area (Å²) < 4.78 is 133. The molecule has 0 aliphatic carbocycles. The third-order valence-corrected chi connectivity index (χ3v) is 6.92. The van der Waals surface area contributed by atoms with Crippen molar-refractivity contribution in [2.45, 2.75) is 4.90 Å². The molecule has 0 N–H and O–H groups in total. The Morgan fingerprint density at radius 2 is 1.41 bits per heavy atom. The van der Waals surface area contributed by atoms with E-state index in [2.05, 4.69) is 20.1 Å². The van der Waals surface area contributed by atoms with Gasteiger partial charge >= 0.3 is 10.1 Å². The summed E-state index contributed by atoms with van der Waals surface area (Å²) in [4.78, 5) is 11.3. The summed E-state index contributed by atoms with van der Waals surface area (Å²) in [6.45, 7) is 0. The third kappa shape index (κ3) is 4.31. The SMILES string of the molecule is COc1cc(Br)c(F)cc1-n1c(=O)ccc2c(F)c(S(=O)(=O)Oc3c(F)c(F)c(F)c(F)c3F)ccc21. The minimum absolute atomic E-state index is 0.0220. The lowest BCUT2D eigenvalue weighted by atomic mass is 10.2. The number of benzene rings is 3. The maximum Gasteiger partial charge on any atom is 0.342 e. The van der Waals surface area contributed by atoms with Gasteiger partial charge in [0.2, 0.25) is 34.8 Å². The van der Waals surface area contributed by atoms with E-state index in [9.17, 15) is 39.6 Å². The molecule has 0 aliphatic heterocycles. The summed E-state index contributed by atoms with van der Waals surface area (Å²) in [6.07, 6.45) is 0. The van der Waals surface area contributed by atoms with Gasteiger partial charge in [-0.05, 0) is 40.2 Å². The maximum atomic E-state index is 15.4. The Balaban J connectivity index is 1.93. The number of pyridine rings is 1. The first kappa shape index (κ1) is 26.5. The summed E-state index contributed by atoms with van der Waals surface area (Å²) in [6, 6.07) is 5.15. The van der Waals surface area contributed by atoms with Crippen LogP contribution in [0.1, 0.15) is 0 Å². The zero-order chi connectivity index (χ0) is 27.4. The van der Waals surface area contributed by atoms with Crippen LogP contribution in [0.25, 0.3) is 16.6 Å². The van der Waals surface area contributed by atoms with Crippen LogP contribution in [0.4, 0.5) is 30.7 Å². The fraction of sp³-hybridized carbons (Fsp3) is 0.0455. The van der Waals surface area contributed by atoms with Gasteiger partial charge in [0.05, 0.1) is 22.8 Å². The van der Waals surface area contributed by atoms with Crippen molar-refractivity contribution in [3.63, 3.8) is 0 Å². The van der Waals surface area contributed by atoms with Crippen molar-refractivity contribution in [2.24, 2.45) is 0 Å². The molecule has 3 aromatic carbocycles. The van der Waals surface area contributed by atoms with Crippen LogP contribution in [0.15, 0.2) is 50.6 Å². The van der Waals surface area contributed by atoms with Gasteiger partial charge in [-0.1, -0.05) is 0 Å². The van der Waals surface area contributed by atoms with E-state index in [1.54, 1.807) is 0 Å². The molecule has 0 unspecified atom stereocenters. The molecule has 4 aromatic rings. The van der Waals surface area contributed by atoms with Crippen LogP contribution >= 0.6 is 15.9 Å². The van der Waals surface area contributed by atoms with E-state index in [0.717, 1.165) is 28.8 Å². The Hall–Kier alpha value is -3.59. The largest absolute Gasteiger partial charge is 0.495 e. The Labute approximate surface area is 210 Å². The normalized spacial score (nSPS) is 11.7. The van der Waals surface area contributed by atoms with E-state index >= 15 is 4.39 Å². The van der Waals surface area contributed by atoms with Crippen LogP contribution in [0.2, 0.25) is 0 Å². The molecule has 0 radical (unpaired) electrons. The first-order chi connectivity index (χ1) is 17.3. The fourth-order valence-corrected chi connectivity index (χ4v) is 4.72. The number of hydrogen-bond donors (Lipinski definition) is 0. The van der Waals surface area contributed by atoms with Crippen molar-refractivity contribution in [2.75, 3.05) is 7.11 Å². The van der Waals surface area contributed by atoms with Gasteiger partial charge in [0.25, 0.3) is 5.56 Å². The molecular weight excluding hydrogens is 603 g/mol. The highest BCUT2D eigenvalue weighted by molar-refractivity contribution is 9.10. The number of fused-ring (bicyclic) bond motifs is 1. The molecule has 0 fully saturated rings. The molecule has 4 rings (SSSR count).